The predicted octanol–water partition coefficient (Wildman–Crippen LogP) is 3.94. The van der Waals surface area contributed by atoms with Crippen molar-refractivity contribution in [1.82, 2.24) is 5.32 Å². The van der Waals surface area contributed by atoms with Crippen molar-refractivity contribution < 1.29 is 31.5 Å². The maximum atomic E-state index is 13.2. The summed E-state index contributed by atoms with van der Waals surface area (Å²) in [6.45, 7) is 4.12. The van der Waals surface area contributed by atoms with Gasteiger partial charge in [0.05, 0.1) is 12.2 Å². The average molecular weight is 351 g/mol. The van der Waals surface area contributed by atoms with E-state index in [-0.39, 0.29) is 11.0 Å². The SMILES string of the molecule is CC1(C)COC(C(=O)NC(c2ccc(C(F)(F)F)cc2)C(F)F)C1. The molecule has 24 heavy (non-hydrogen) atoms. The van der Waals surface area contributed by atoms with E-state index in [0.717, 1.165) is 12.1 Å². The smallest absolute Gasteiger partial charge is 0.368 e. The van der Waals surface area contributed by atoms with Crippen LogP contribution in [0.1, 0.15) is 37.4 Å². The molecule has 1 aromatic carbocycles. The molecule has 1 N–H and O–H groups in total. The highest BCUT2D eigenvalue weighted by molar-refractivity contribution is 5.81. The maximum absolute atomic E-state index is 13.2. The Labute approximate surface area is 136 Å². The number of rotatable bonds is 4. The molecule has 0 saturated carbocycles. The van der Waals surface area contributed by atoms with Gasteiger partial charge in [0.1, 0.15) is 12.1 Å². The molecule has 1 aliphatic heterocycles. The quantitative estimate of drug-likeness (QED) is 0.835. The number of amides is 1. The van der Waals surface area contributed by atoms with Crippen LogP contribution in [-0.2, 0) is 15.7 Å². The fourth-order valence-electron chi connectivity index (χ4n) is 2.53. The molecule has 1 saturated heterocycles. The first-order valence-corrected chi connectivity index (χ1v) is 7.37. The van der Waals surface area contributed by atoms with Gasteiger partial charge >= 0.3 is 6.18 Å². The Morgan fingerprint density at radius 3 is 2.25 bits per heavy atom. The molecule has 0 radical (unpaired) electrons. The molecule has 2 atom stereocenters. The van der Waals surface area contributed by atoms with Gasteiger partial charge < -0.3 is 10.1 Å². The van der Waals surface area contributed by atoms with Crippen molar-refractivity contribution in [1.29, 1.82) is 0 Å². The van der Waals surface area contributed by atoms with Crippen LogP contribution in [0.4, 0.5) is 22.0 Å². The Morgan fingerprint density at radius 2 is 1.83 bits per heavy atom. The summed E-state index contributed by atoms with van der Waals surface area (Å²) < 4.78 is 69.4. The fourth-order valence-corrected chi connectivity index (χ4v) is 2.53. The number of alkyl halides is 5. The fraction of sp³-hybridized carbons (Fsp3) is 0.562. The van der Waals surface area contributed by atoms with Gasteiger partial charge in [-0.05, 0) is 29.5 Å². The number of hydrogen-bond donors (Lipinski definition) is 1. The minimum atomic E-state index is -4.55. The van der Waals surface area contributed by atoms with Crippen LogP contribution in [0, 0.1) is 5.41 Å². The Kier molecular flexibility index (Phi) is 5.17. The molecule has 3 nitrogen and oxygen atoms in total. The van der Waals surface area contributed by atoms with Crippen LogP contribution in [0.2, 0.25) is 0 Å². The van der Waals surface area contributed by atoms with Gasteiger partial charge in [0, 0.05) is 0 Å². The number of carbonyl (C=O) groups excluding carboxylic acids is 1. The van der Waals surface area contributed by atoms with Crippen molar-refractivity contribution in [3.05, 3.63) is 35.4 Å². The summed E-state index contributed by atoms with van der Waals surface area (Å²) in [6.07, 6.45) is -7.96. The molecule has 0 bridgehead atoms. The molecule has 2 rings (SSSR count). The summed E-state index contributed by atoms with van der Waals surface area (Å²) >= 11 is 0. The minimum absolute atomic E-state index is 0.0939. The molecule has 1 amide bonds. The van der Waals surface area contributed by atoms with E-state index in [2.05, 4.69) is 5.32 Å². The number of nitrogens with one attached hydrogen (secondary N) is 1. The van der Waals surface area contributed by atoms with Crippen LogP contribution >= 0.6 is 0 Å². The van der Waals surface area contributed by atoms with Crippen LogP contribution in [0.15, 0.2) is 24.3 Å². The van der Waals surface area contributed by atoms with E-state index in [9.17, 15) is 26.7 Å². The third-order valence-corrected chi connectivity index (χ3v) is 3.85. The lowest BCUT2D eigenvalue weighted by Gasteiger charge is -2.21. The van der Waals surface area contributed by atoms with Gasteiger partial charge in [0.15, 0.2) is 0 Å². The Balaban J connectivity index is 2.11. The summed E-state index contributed by atoms with van der Waals surface area (Å²) in [7, 11) is 0. The van der Waals surface area contributed by atoms with Crippen LogP contribution < -0.4 is 5.32 Å². The van der Waals surface area contributed by atoms with Crippen molar-refractivity contribution in [2.45, 2.75) is 45.0 Å². The van der Waals surface area contributed by atoms with Gasteiger partial charge in [-0.2, -0.15) is 13.2 Å². The van der Waals surface area contributed by atoms with Crippen molar-refractivity contribution in [2.24, 2.45) is 5.41 Å². The lowest BCUT2D eigenvalue weighted by atomic mass is 9.90. The van der Waals surface area contributed by atoms with Crippen molar-refractivity contribution in [3.8, 4) is 0 Å². The lowest BCUT2D eigenvalue weighted by Crippen LogP contribution is -2.39. The topological polar surface area (TPSA) is 38.3 Å². The molecule has 2 unspecified atom stereocenters. The summed E-state index contributed by atoms with van der Waals surface area (Å²) in [6, 6.07) is 1.63. The standard InChI is InChI=1S/C16H18F5NO2/c1-15(2)7-11(24-8-15)14(23)22-12(13(17)18)9-3-5-10(6-4-9)16(19,20)21/h3-6,11-13H,7-8H2,1-2H3,(H,22,23). The zero-order valence-corrected chi connectivity index (χ0v) is 13.2. The van der Waals surface area contributed by atoms with E-state index < -0.39 is 36.2 Å². The molecule has 1 aromatic rings. The molecule has 8 heteroatoms. The molecule has 1 fully saturated rings. The largest absolute Gasteiger partial charge is 0.416 e. The van der Waals surface area contributed by atoms with E-state index in [1.165, 1.54) is 0 Å². The van der Waals surface area contributed by atoms with Gasteiger partial charge in [0.2, 0.25) is 5.91 Å². The average Bonchev–Trinajstić information content (AvgIpc) is 2.84. The first kappa shape index (κ1) is 18.6. The summed E-state index contributed by atoms with van der Waals surface area (Å²) in [5, 5.41) is 2.18. The highest BCUT2D eigenvalue weighted by atomic mass is 19.4. The van der Waals surface area contributed by atoms with E-state index in [0.29, 0.717) is 25.2 Å². The highest BCUT2D eigenvalue weighted by Gasteiger charge is 2.38. The highest BCUT2D eigenvalue weighted by Crippen LogP contribution is 2.33. The number of carbonyl (C=O) groups is 1. The van der Waals surface area contributed by atoms with E-state index >= 15 is 0 Å². The minimum Gasteiger partial charge on any atom is -0.368 e. The number of ether oxygens (including phenoxy) is 1. The Morgan fingerprint density at radius 1 is 1.25 bits per heavy atom. The number of halogens is 5. The zero-order valence-electron chi connectivity index (χ0n) is 13.2. The van der Waals surface area contributed by atoms with E-state index in [1.807, 2.05) is 13.8 Å². The normalized spacial score (nSPS) is 21.8. The third-order valence-electron chi connectivity index (χ3n) is 3.85. The third kappa shape index (κ3) is 4.43. The van der Waals surface area contributed by atoms with E-state index in [1.54, 1.807) is 0 Å². The number of benzene rings is 1. The molecular weight excluding hydrogens is 333 g/mol. The van der Waals surface area contributed by atoms with Crippen LogP contribution in [0.25, 0.3) is 0 Å². The molecule has 134 valence electrons. The second-order valence-corrected chi connectivity index (χ2v) is 6.61. The van der Waals surface area contributed by atoms with Crippen LogP contribution in [0.5, 0.6) is 0 Å². The van der Waals surface area contributed by atoms with E-state index in [4.69, 9.17) is 4.74 Å². The molecular formula is C16H18F5NO2. The molecule has 0 aromatic heterocycles. The van der Waals surface area contributed by atoms with Gasteiger partial charge in [-0.3, -0.25) is 4.79 Å². The van der Waals surface area contributed by atoms with Crippen molar-refractivity contribution in [3.63, 3.8) is 0 Å². The lowest BCUT2D eigenvalue weighted by molar-refractivity contribution is -0.137. The monoisotopic (exact) mass is 351 g/mol. The van der Waals surface area contributed by atoms with Gasteiger partial charge in [-0.25, -0.2) is 8.78 Å². The van der Waals surface area contributed by atoms with Crippen molar-refractivity contribution >= 4 is 5.91 Å². The number of hydrogen-bond acceptors (Lipinski definition) is 2. The summed E-state index contributed by atoms with van der Waals surface area (Å²) in [5.41, 5.74) is -1.26. The predicted molar refractivity (Wildman–Crippen MR) is 76.5 cm³/mol. The zero-order chi connectivity index (χ0) is 18.1. The first-order chi connectivity index (χ1) is 11.0. The second kappa shape index (κ2) is 6.66. The summed E-state index contributed by atoms with van der Waals surface area (Å²) in [5.74, 6) is -0.689. The molecule has 1 heterocycles. The second-order valence-electron chi connectivity index (χ2n) is 6.61. The van der Waals surface area contributed by atoms with Gasteiger partial charge in [0.25, 0.3) is 6.43 Å². The van der Waals surface area contributed by atoms with Crippen LogP contribution in [0.3, 0.4) is 0 Å². The Hall–Kier alpha value is -1.70. The first-order valence-electron chi connectivity index (χ1n) is 7.37. The maximum Gasteiger partial charge on any atom is 0.416 e. The molecule has 1 aliphatic rings. The van der Waals surface area contributed by atoms with Gasteiger partial charge in [-0.15, -0.1) is 0 Å². The molecule has 0 spiro atoms. The van der Waals surface area contributed by atoms with Crippen molar-refractivity contribution in [2.75, 3.05) is 6.61 Å². The summed E-state index contributed by atoms with van der Waals surface area (Å²) in [4.78, 5) is 12.1. The van der Waals surface area contributed by atoms with Gasteiger partial charge in [-0.1, -0.05) is 26.0 Å². The van der Waals surface area contributed by atoms with Crippen LogP contribution in [-0.4, -0.2) is 25.0 Å². The Bertz CT molecular complexity index is 583. The molecule has 0 aliphatic carbocycles.